The maximum Gasteiger partial charge on any atom is 0.196 e. The van der Waals surface area contributed by atoms with Crippen molar-refractivity contribution in [2.24, 2.45) is 0 Å². The molecule has 10 nitrogen and oxygen atoms in total. The Labute approximate surface area is 163 Å². The first kappa shape index (κ1) is 19.8. The van der Waals surface area contributed by atoms with Gasteiger partial charge in [0.1, 0.15) is 59.1 Å². The van der Waals surface area contributed by atoms with Crippen molar-refractivity contribution in [2.45, 2.75) is 37.3 Å². The summed E-state index contributed by atoms with van der Waals surface area (Å²) in [5.74, 6) is 0.467. The molecule has 0 unspecified atom stereocenters. The van der Waals surface area contributed by atoms with Crippen LogP contribution in [0.25, 0.3) is 21.9 Å². The monoisotopic (exact) mass is 408 g/mol. The maximum atomic E-state index is 12.6. The number of rotatable bonds is 5. The van der Waals surface area contributed by atoms with Crippen LogP contribution in [-0.2, 0) is 16.1 Å². The van der Waals surface area contributed by atoms with Crippen molar-refractivity contribution in [3.8, 4) is 5.75 Å². The van der Waals surface area contributed by atoms with Gasteiger partial charge in [0.2, 0.25) is 0 Å². The number of methoxy groups -OCH3 is 1. The summed E-state index contributed by atoms with van der Waals surface area (Å²) in [7, 11) is 1.44. The predicted molar refractivity (Wildman–Crippen MR) is 97.4 cm³/mol. The van der Waals surface area contributed by atoms with E-state index in [9.17, 15) is 25.2 Å². The highest BCUT2D eigenvalue weighted by atomic mass is 16.7. The molecular weight excluding hydrogens is 388 g/mol. The lowest BCUT2D eigenvalue weighted by Gasteiger charge is -2.39. The summed E-state index contributed by atoms with van der Waals surface area (Å²) in [6, 6.07) is 4.47. The first-order valence-corrected chi connectivity index (χ1v) is 8.87. The molecule has 2 aromatic heterocycles. The van der Waals surface area contributed by atoms with Crippen LogP contribution in [0.15, 0.2) is 38.1 Å². The molecule has 5 atom stereocenters. The van der Waals surface area contributed by atoms with Crippen molar-refractivity contribution in [2.75, 3.05) is 13.7 Å². The second-order valence-corrected chi connectivity index (χ2v) is 6.70. The Balaban J connectivity index is 1.62. The Morgan fingerprint density at radius 3 is 2.62 bits per heavy atom. The molecule has 0 amide bonds. The van der Waals surface area contributed by atoms with Gasteiger partial charge >= 0.3 is 0 Å². The van der Waals surface area contributed by atoms with Crippen LogP contribution in [-0.4, -0.2) is 64.8 Å². The van der Waals surface area contributed by atoms with Crippen LogP contribution in [0, 0.1) is 0 Å². The zero-order valence-electron chi connectivity index (χ0n) is 15.3. The van der Waals surface area contributed by atoms with E-state index in [-0.39, 0.29) is 28.8 Å². The van der Waals surface area contributed by atoms with E-state index in [1.54, 1.807) is 12.1 Å². The molecule has 0 spiro atoms. The Hall–Kier alpha value is -2.47. The predicted octanol–water partition coefficient (Wildman–Crippen LogP) is -0.136. The first-order chi connectivity index (χ1) is 13.9. The summed E-state index contributed by atoms with van der Waals surface area (Å²) in [4.78, 5) is 12.6. The van der Waals surface area contributed by atoms with E-state index in [4.69, 9.17) is 23.0 Å². The Morgan fingerprint density at radius 2 is 1.90 bits per heavy atom. The molecule has 1 aliphatic rings. The molecule has 0 bridgehead atoms. The molecule has 29 heavy (non-hydrogen) atoms. The number of furan rings is 1. The Kier molecular flexibility index (Phi) is 5.30. The maximum absolute atomic E-state index is 12.6. The SMILES string of the molecule is COc1c2ccoc2cc2oc(CO[C@H]3O[C@@H](CO)[C@@H](O)[C@@H](O)[C@@H]3O)cc(=O)c12. The number of fused-ring (bicyclic) bond motifs is 2. The molecule has 1 fully saturated rings. The first-order valence-electron chi connectivity index (χ1n) is 8.87. The minimum absolute atomic E-state index is 0.132. The molecule has 10 heteroatoms. The molecule has 0 radical (unpaired) electrons. The van der Waals surface area contributed by atoms with Gasteiger partial charge in [-0.05, 0) is 6.07 Å². The fourth-order valence-electron chi connectivity index (χ4n) is 3.41. The largest absolute Gasteiger partial charge is 0.495 e. The van der Waals surface area contributed by atoms with Crippen molar-refractivity contribution < 1.29 is 43.5 Å². The quantitative estimate of drug-likeness (QED) is 0.449. The second-order valence-electron chi connectivity index (χ2n) is 6.70. The minimum atomic E-state index is -1.56. The van der Waals surface area contributed by atoms with Crippen molar-refractivity contribution in [1.29, 1.82) is 0 Å². The van der Waals surface area contributed by atoms with Gasteiger partial charge in [0.05, 0.1) is 25.4 Å². The van der Waals surface area contributed by atoms with E-state index in [2.05, 4.69) is 0 Å². The number of aliphatic hydroxyl groups excluding tert-OH is 4. The van der Waals surface area contributed by atoms with Gasteiger partial charge < -0.3 is 43.5 Å². The third-order valence-corrected chi connectivity index (χ3v) is 4.90. The number of hydrogen-bond donors (Lipinski definition) is 4. The summed E-state index contributed by atoms with van der Waals surface area (Å²) in [5, 5.41) is 39.8. The molecular formula is C19H20O10. The number of benzene rings is 1. The van der Waals surface area contributed by atoms with Gasteiger partial charge in [-0.1, -0.05) is 0 Å². The summed E-state index contributed by atoms with van der Waals surface area (Å²) < 4.78 is 27.1. The van der Waals surface area contributed by atoms with Crippen molar-refractivity contribution >= 4 is 21.9 Å². The van der Waals surface area contributed by atoms with E-state index >= 15 is 0 Å². The number of ether oxygens (including phenoxy) is 3. The van der Waals surface area contributed by atoms with Crippen LogP contribution in [0.2, 0.25) is 0 Å². The molecule has 1 saturated heterocycles. The van der Waals surface area contributed by atoms with E-state index in [0.29, 0.717) is 16.7 Å². The van der Waals surface area contributed by atoms with E-state index in [1.807, 2.05) is 0 Å². The van der Waals surface area contributed by atoms with Crippen LogP contribution in [0.4, 0.5) is 0 Å². The summed E-state index contributed by atoms with van der Waals surface area (Å²) in [6.07, 6.45) is -5.57. The molecule has 3 aromatic rings. The Bertz CT molecular complexity index is 1070. The standard InChI is InChI=1S/C19H20O10/c1-25-18-9-2-3-26-11(9)5-12-14(18)10(21)4-8(28-12)7-27-19-17(24)16(23)15(22)13(6-20)29-19/h2-5,13,15-17,19-20,22-24H,6-7H2,1H3/t13-,15+,16+,17-,19-/m0/s1. The van der Waals surface area contributed by atoms with E-state index in [0.717, 1.165) is 0 Å². The van der Waals surface area contributed by atoms with Crippen LogP contribution in [0.3, 0.4) is 0 Å². The minimum Gasteiger partial charge on any atom is -0.495 e. The fourth-order valence-corrected chi connectivity index (χ4v) is 3.41. The fraction of sp³-hybridized carbons (Fsp3) is 0.421. The highest BCUT2D eigenvalue weighted by Gasteiger charge is 2.44. The van der Waals surface area contributed by atoms with Crippen LogP contribution >= 0.6 is 0 Å². The molecule has 1 aliphatic heterocycles. The summed E-state index contributed by atoms with van der Waals surface area (Å²) in [5.41, 5.74) is 0.340. The smallest absolute Gasteiger partial charge is 0.196 e. The highest BCUT2D eigenvalue weighted by molar-refractivity contribution is 6.01. The lowest BCUT2D eigenvalue weighted by molar-refractivity contribution is -0.304. The summed E-state index contributed by atoms with van der Waals surface area (Å²) >= 11 is 0. The van der Waals surface area contributed by atoms with Gasteiger partial charge in [-0.2, -0.15) is 0 Å². The van der Waals surface area contributed by atoms with Gasteiger partial charge in [0, 0.05) is 12.1 Å². The zero-order valence-corrected chi connectivity index (χ0v) is 15.3. The van der Waals surface area contributed by atoms with Gasteiger partial charge in [-0.15, -0.1) is 0 Å². The summed E-state index contributed by atoms with van der Waals surface area (Å²) in [6.45, 7) is -0.846. The van der Waals surface area contributed by atoms with Crippen LogP contribution in [0.5, 0.6) is 5.75 Å². The molecule has 0 saturated carbocycles. The Morgan fingerprint density at radius 1 is 1.10 bits per heavy atom. The van der Waals surface area contributed by atoms with Crippen molar-refractivity contribution in [1.82, 2.24) is 0 Å². The molecule has 3 heterocycles. The average Bonchev–Trinajstić information content (AvgIpc) is 3.18. The normalized spacial score (nSPS) is 27.6. The van der Waals surface area contributed by atoms with E-state index < -0.39 is 37.3 Å². The topological polar surface area (TPSA) is 152 Å². The van der Waals surface area contributed by atoms with E-state index in [1.165, 1.54) is 19.4 Å². The van der Waals surface area contributed by atoms with Crippen LogP contribution in [0.1, 0.15) is 5.76 Å². The lowest BCUT2D eigenvalue weighted by Crippen LogP contribution is -2.59. The second kappa shape index (κ2) is 7.75. The van der Waals surface area contributed by atoms with Crippen molar-refractivity contribution in [3.05, 3.63) is 40.4 Å². The molecule has 1 aromatic carbocycles. The van der Waals surface area contributed by atoms with Gasteiger partial charge in [0.25, 0.3) is 0 Å². The van der Waals surface area contributed by atoms with Crippen molar-refractivity contribution in [3.63, 3.8) is 0 Å². The molecule has 156 valence electrons. The van der Waals surface area contributed by atoms with Gasteiger partial charge in [0.15, 0.2) is 11.7 Å². The zero-order chi connectivity index (χ0) is 20.7. The third kappa shape index (κ3) is 3.39. The molecule has 4 N–H and O–H groups in total. The number of hydrogen-bond acceptors (Lipinski definition) is 10. The lowest BCUT2D eigenvalue weighted by atomic mass is 9.99. The van der Waals surface area contributed by atoms with Gasteiger partial charge in [-0.3, -0.25) is 4.79 Å². The van der Waals surface area contributed by atoms with Gasteiger partial charge in [-0.25, -0.2) is 0 Å². The highest BCUT2D eigenvalue weighted by Crippen LogP contribution is 2.34. The molecule has 4 rings (SSSR count). The van der Waals surface area contributed by atoms with Crippen LogP contribution < -0.4 is 10.2 Å². The number of aliphatic hydroxyl groups is 4. The average molecular weight is 408 g/mol. The molecule has 0 aliphatic carbocycles. The third-order valence-electron chi connectivity index (χ3n) is 4.90.